The van der Waals surface area contributed by atoms with Crippen LogP contribution < -0.4 is 5.32 Å². The Labute approximate surface area is 263 Å². The average molecular weight is 658 g/mol. The van der Waals surface area contributed by atoms with Crippen molar-refractivity contribution in [2.75, 3.05) is 0 Å². The number of fused-ring (bicyclic) bond motifs is 1. The topological polar surface area (TPSA) is 109 Å². The van der Waals surface area contributed by atoms with Crippen LogP contribution in [0, 0.1) is 11.3 Å². The summed E-state index contributed by atoms with van der Waals surface area (Å²) in [6.45, 7) is 0. The maximum Gasteiger partial charge on any atom is 0.256 e. The summed E-state index contributed by atoms with van der Waals surface area (Å²) in [6, 6.07) is 14.0. The van der Waals surface area contributed by atoms with Crippen LogP contribution in [0.3, 0.4) is 0 Å². The Morgan fingerprint density at radius 3 is 1.79 bits per heavy atom. The monoisotopic (exact) mass is 657 g/mol. The Balaban J connectivity index is 0.000000201. The molecule has 1 aliphatic heterocycles. The minimum Gasteiger partial charge on any atom is -0.320 e. The molecule has 7 nitrogen and oxygen atoms in total. The molecule has 0 saturated heterocycles. The second-order valence-corrected chi connectivity index (χ2v) is 14.7. The second-order valence-electron chi connectivity index (χ2n) is 8.79. The van der Waals surface area contributed by atoms with Crippen molar-refractivity contribution in [3.8, 4) is 35.7 Å². The number of ketones is 1. The maximum absolute atomic E-state index is 12.9. The first-order valence-electron chi connectivity index (χ1n) is 12.3. The number of carbonyl (C=O) groups is 2. The molecule has 0 radical (unpaired) electrons. The van der Waals surface area contributed by atoms with Crippen molar-refractivity contribution < 1.29 is 9.59 Å². The Bertz CT molecular complexity index is 1930. The molecule has 1 amide bonds. The number of thiophene rings is 3. The first kappa shape index (κ1) is 27.0. The van der Waals surface area contributed by atoms with Gasteiger partial charge in [-0.3, -0.25) is 9.59 Å². The number of Topliss-reactive ketones (excluding diaryl/α,β-unsaturated/α-hetero) is 1. The highest BCUT2D eigenvalue weighted by atomic mass is 32.1. The molecular formula is C29H15N5O2S6. The van der Waals surface area contributed by atoms with Crippen molar-refractivity contribution in [2.45, 2.75) is 6.42 Å². The molecule has 0 aromatic carbocycles. The van der Waals surface area contributed by atoms with E-state index in [0.29, 0.717) is 21.7 Å². The Morgan fingerprint density at radius 2 is 1.24 bits per heavy atom. The zero-order chi connectivity index (χ0) is 28.6. The SMILES string of the molecule is N#Cc1cnc(-c2cccs2)s1.O=C1CC(c2cnc(-c3cccs3)s2)=C2C(=O)NC(c3cnc(-c4cccs4)s3)=C12. The molecule has 8 rings (SSSR count). The minimum atomic E-state index is -0.224. The third-order valence-electron chi connectivity index (χ3n) is 6.25. The number of nitrogens with one attached hydrogen (secondary N) is 1. The number of rotatable bonds is 5. The summed E-state index contributed by atoms with van der Waals surface area (Å²) in [7, 11) is 0. The van der Waals surface area contributed by atoms with E-state index in [-0.39, 0.29) is 18.1 Å². The summed E-state index contributed by atoms with van der Waals surface area (Å²) in [4.78, 5) is 44.5. The molecule has 0 bridgehead atoms. The zero-order valence-electron chi connectivity index (χ0n) is 21.2. The fraction of sp³-hybridized carbons (Fsp3) is 0.0345. The molecule has 0 saturated carbocycles. The molecule has 1 N–H and O–H groups in total. The predicted octanol–water partition coefficient (Wildman–Crippen LogP) is 8.07. The lowest BCUT2D eigenvalue weighted by Gasteiger charge is -2.01. The van der Waals surface area contributed by atoms with Crippen molar-refractivity contribution in [3.63, 3.8) is 0 Å². The van der Waals surface area contributed by atoms with Crippen LogP contribution in [0.25, 0.3) is 40.9 Å². The smallest absolute Gasteiger partial charge is 0.256 e. The van der Waals surface area contributed by atoms with Gasteiger partial charge in [0.2, 0.25) is 0 Å². The van der Waals surface area contributed by atoms with Crippen LogP contribution >= 0.6 is 68.0 Å². The van der Waals surface area contributed by atoms with E-state index in [1.54, 1.807) is 52.6 Å². The van der Waals surface area contributed by atoms with Gasteiger partial charge in [-0.2, -0.15) is 5.26 Å². The van der Waals surface area contributed by atoms with Crippen LogP contribution in [0.4, 0.5) is 0 Å². The first-order valence-corrected chi connectivity index (χ1v) is 17.4. The van der Waals surface area contributed by atoms with Gasteiger partial charge in [0.15, 0.2) is 5.78 Å². The molecule has 2 aliphatic rings. The van der Waals surface area contributed by atoms with E-state index in [0.717, 1.165) is 45.0 Å². The zero-order valence-corrected chi connectivity index (χ0v) is 26.1. The lowest BCUT2D eigenvalue weighted by atomic mass is 10.1. The number of hydrogen-bond acceptors (Lipinski definition) is 12. The molecule has 6 aromatic rings. The van der Waals surface area contributed by atoms with Gasteiger partial charge in [0.1, 0.15) is 26.0 Å². The summed E-state index contributed by atoms with van der Waals surface area (Å²) in [6.07, 6.45) is 5.34. The van der Waals surface area contributed by atoms with Crippen molar-refractivity contribution in [1.82, 2.24) is 20.3 Å². The van der Waals surface area contributed by atoms with Gasteiger partial charge >= 0.3 is 0 Å². The lowest BCUT2D eigenvalue weighted by Crippen LogP contribution is -2.16. The van der Waals surface area contributed by atoms with Crippen LogP contribution in [-0.4, -0.2) is 26.6 Å². The number of aromatic nitrogens is 3. The molecule has 0 atom stereocenters. The van der Waals surface area contributed by atoms with E-state index in [4.69, 9.17) is 5.26 Å². The van der Waals surface area contributed by atoms with Gasteiger partial charge in [0, 0.05) is 18.8 Å². The molecule has 42 heavy (non-hydrogen) atoms. The van der Waals surface area contributed by atoms with E-state index < -0.39 is 0 Å². The van der Waals surface area contributed by atoms with E-state index in [1.165, 1.54) is 34.0 Å². The Kier molecular flexibility index (Phi) is 7.32. The van der Waals surface area contributed by atoms with Crippen LogP contribution in [0.5, 0.6) is 0 Å². The van der Waals surface area contributed by atoms with E-state index >= 15 is 0 Å². The van der Waals surface area contributed by atoms with E-state index in [2.05, 4.69) is 26.3 Å². The van der Waals surface area contributed by atoms with Gasteiger partial charge in [-0.05, 0) is 39.9 Å². The molecule has 204 valence electrons. The van der Waals surface area contributed by atoms with Gasteiger partial charge in [-0.25, -0.2) is 15.0 Å². The third kappa shape index (κ3) is 5.02. The highest BCUT2D eigenvalue weighted by Gasteiger charge is 2.41. The number of hydrogen-bond donors (Lipinski definition) is 1. The highest BCUT2D eigenvalue weighted by molar-refractivity contribution is 7.22. The van der Waals surface area contributed by atoms with Gasteiger partial charge < -0.3 is 5.32 Å². The Morgan fingerprint density at radius 1 is 0.690 bits per heavy atom. The van der Waals surface area contributed by atoms with Gasteiger partial charge in [0.05, 0.1) is 47.4 Å². The quantitative estimate of drug-likeness (QED) is 0.201. The standard InChI is InChI=1S/C21H11N3O2S4.C8H4N2S2/c25-11-7-10(14-8-22-20(29-14)12-3-1-5-27-12)16-17(11)18(24-19(16)26)15-9-23-21(30-15)13-4-2-6-28-13;9-4-6-5-10-8(12-6)7-2-1-3-11-7/h1-6,8-9H,7H2,(H,24,26);1-3,5H. The largest absolute Gasteiger partial charge is 0.320 e. The van der Waals surface area contributed by atoms with Gasteiger partial charge in [-0.1, -0.05) is 18.2 Å². The number of carbonyl (C=O) groups excluding carboxylic acids is 2. The van der Waals surface area contributed by atoms with Crippen LogP contribution in [0.15, 0.2) is 82.3 Å². The van der Waals surface area contributed by atoms with Crippen molar-refractivity contribution in [3.05, 3.63) is 96.9 Å². The van der Waals surface area contributed by atoms with Crippen molar-refractivity contribution >= 4 is 91.0 Å². The molecule has 6 aromatic heterocycles. The second kappa shape index (κ2) is 11.4. The van der Waals surface area contributed by atoms with E-state index in [1.807, 2.05) is 52.5 Å². The minimum absolute atomic E-state index is 0.0366. The van der Waals surface area contributed by atoms with Crippen LogP contribution in [0.2, 0.25) is 0 Å². The summed E-state index contributed by atoms with van der Waals surface area (Å²) in [5, 5.41) is 20.2. The lowest BCUT2D eigenvalue weighted by molar-refractivity contribution is -0.116. The molecule has 0 unspecified atom stereocenters. The van der Waals surface area contributed by atoms with Crippen molar-refractivity contribution in [2.24, 2.45) is 0 Å². The highest BCUT2D eigenvalue weighted by Crippen LogP contribution is 2.46. The van der Waals surface area contributed by atoms with Crippen LogP contribution in [-0.2, 0) is 9.59 Å². The number of nitriles is 1. The molecule has 0 spiro atoms. The van der Waals surface area contributed by atoms with Crippen molar-refractivity contribution in [1.29, 1.82) is 5.26 Å². The summed E-state index contributed by atoms with van der Waals surface area (Å²) < 4.78 is 0. The third-order valence-corrected chi connectivity index (χ3v) is 12.3. The number of allylic oxidation sites excluding steroid dienone is 1. The molecule has 7 heterocycles. The molecule has 13 heteroatoms. The van der Waals surface area contributed by atoms with Gasteiger partial charge in [-0.15, -0.1) is 68.0 Å². The Hall–Kier alpha value is -3.90. The van der Waals surface area contributed by atoms with E-state index in [9.17, 15) is 9.59 Å². The molecular weight excluding hydrogens is 643 g/mol. The maximum atomic E-state index is 12.9. The fourth-order valence-electron chi connectivity index (χ4n) is 4.45. The molecule has 1 aliphatic carbocycles. The molecule has 0 fully saturated rings. The van der Waals surface area contributed by atoms with Crippen LogP contribution in [0.1, 0.15) is 21.1 Å². The predicted molar refractivity (Wildman–Crippen MR) is 173 cm³/mol. The summed E-state index contributed by atoms with van der Waals surface area (Å²) in [5.41, 5.74) is 2.33. The number of nitrogens with zero attached hydrogens (tertiary/aromatic N) is 4. The van der Waals surface area contributed by atoms with Gasteiger partial charge in [0.25, 0.3) is 5.91 Å². The fourth-order valence-corrected chi connectivity index (χ4v) is 9.46. The number of thiazole rings is 3. The summed E-state index contributed by atoms with van der Waals surface area (Å²) >= 11 is 9.31. The first-order chi connectivity index (χ1) is 20.6. The number of amides is 1. The normalized spacial score (nSPS) is 14.2. The average Bonchev–Trinajstić information content (AvgIpc) is 3.83. The summed E-state index contributed by atoms with van der Waals surface area (Å²) in [5.74, 6) is -0.261.